The molecule has 3 aromatic rings. The number of carbonyl (C=O) groups excluding carboxylic acids is 1. The van der Waals surface area contributed by atoms with Gasteiger partial charge in [0, 0.05) is 36.6 Å². The van der Waals surface area contributed by atoms with E-state index in [-0.39, 0.29) is 29.2 Å². The van der Waals surface area contributed by atoms with Gasteiger partial charge in [0.1, 0.15) is 30.2 Å². The molecule has 1 fully saturated rings. The molecule has 3 heterocycles. The second-order valence-electron chi connectivity index (χ2n) is 7.67. The number of halogens is 3. The van der Waals surface area contributed by atoms with Crippen LogP contribution in [0.2, 0.25) is 0 Å². The number of amides is 1. The Hall–Kier alpha value is -4.24. The van der Waals surface area contributed by atoms with Crippen LogP contribution in [-0.2, 0) is 11.0 Å². The molecule has 1 aromatic carbocycles. The van der Waals surface area contributed by atoms with Crippen molar-refractivity contribution in [1.82, 2.24) is 19.9 Å². The molecule has 0 aliphatic carbocycles. The molecule has 0 unspecified atom stereocenters. The summed E-state index contributed by atoms with van der Waals surface area (Å²) in [5, 5.41) is 21.3. The predicted molar refractivity (Wildman–Crippen MR) is 117 cm³/mol. The van der Waals surface area contributed by atoms with Crippen LogP contribution in [0.3, 0.4) is 0 Å². The Morgan fingerprint density at radius 2 is 2.03 bits per heavy atom. The third-order valence-electron chi connectivity index (χ3n) is 5.28. The number of aliphatic hydroxyl groups is 1. The second-order valence-corrected chi connectivity index (χ2v) is 7.67. The van der Waals surface area contributed by atoms with Crippen LogP contribution in [0.25, 0.3) is 11.3 Å². The fourth-order valence-electron chi connectivity index (χ4n) is 3.58. The first kappa shape index (κ1) is 23.9. The zero-order valence-corrected chi connectivity index (χ0v) is 18.2. The van der Waals surface area contributed by atoms with E-state index in [2.05, 4.69) is 26.3 Å². The molecular weight excluding hydrogens is 465 g/mol. The van der Waals surface area contributed by atoms with Gasteiger partial charge >= 0.3 is 6.18 Å². The van der Waals surface area contributed by atoms with Crippen LogP contribution >= 0.6 is 0 Å². The minimum absolute atomic E-state index is 0.0697. The summed E-state index contributed by atoms with van der Waals surface area (Å²) in [6.45, 7) is 0.214. The highest BCUT2D eigenvalue weighted by atomic mass is 19.4. The molecule has 0 spiro atoms. The number of likely N-dealkylation sites (tertiary alicyclic amines) is 1. The van der Waals surface area contributed by atoms with E-state index in [4.69, 9.17) is 9.84 Å². The number of carbonyl (C=O) groups is 1. The molecule has 0 saturated carbocycles. The van der Waals surface area contributed by atoms with Gasteiger partial charge in [0.05, 0.1) is 17.8 Å². The molecule has 1 aliphatic heterocycles. The molecule has 1 amide bonds. The largest absolute Gasteiger partial charge is 0.487 e. The van der Waals surface area contributed by atoms with Crippen molar-refractivity contribution in [3.05, 3.63) is 60.0 Å². The highest BCUT2D eigenvalue weighted by Crippen LogP contribution is 2.30. The number of aliphatic hydroxyl groups excluding tert-OH is 1. The Morgan fingerprint density at radius 1 is 1.23 bits per heavy atom. The third kappa shape index (κ3) is 5.64. The van der Waals surface area contributed by atoms with Crippen molar-refractivity contribution in [3.63, 3.8) is 0 Å². The van der Waals surface area contributed by atoms with E-state index in [0.29, 0.717) is 36.5 Å². The van der Waals surface area contributed by atoms with Gasteiger partial charge in [-0.05, 0) is 36.4 Å². The average Bonchev–Trinajstić information content (AvgIpc) is 3.32. The van der Waals surface area contributed by atoms with Gasteiger partial charge in [-0.3, -0.25) is 9.78 Å². The van der Waals surface area contributed by atoms with E-state index >= 15 is 0 Å². The molecule has 35 heavy (non-hydrogen) atoms. The summed E-state index contributed by atoms with van der Waals surface area (Å²) >= 11 is 0. The van der Waals surface area contributed by atoms with Crippen molar-refractivity contribution in [2.75, 3.05) is 25.0 Å². The molecule has 0 bridgehead atoms. The number of anilines is 2. The minimum Gasteiger partial charge on any atom is -0.487 e. The Bertz CT molecular complexity index is 1280. The maximum Gasteiger partial charge on any atom is 0.433 e. The lowest BCUT2D eigenvalue weighted by molar-refractivity contribution is -0.141. The Balaban J connectivity index is 1.51. The Morgan fingerprint density at radius 3 is 2.77 bits per heavy atom. The normalized spacial score (nSPS) is 15.5. The monoisotopic (exact) mass is 484 g/mol. The number of nitriles is 1. The number of pyridine rings is 1. The zero-order valence-electron chi connectivity index (χ0n) is 18.2. The highest BCUT2D eigenvalue weighted by Gasteiger charge is 2.32. The molecule has 0 radical (unpaired) electrons. The van der Waals surface area contributed by atoms with Gasteiger partial charge in [-0.15, -0.1) is 0 Å². The molecule has 2 aromatic heterocycles. The average molecular weight is 484 g/mol. The van der Waals surface area contributed by atoms with Crippen molar-refractivity contribution in [3.8, 4) is 23.1 Å². The lowest BCUT2D eigenvalue weighted by Crippen LogP contribution is -2.32. The van der Waals surface area contributed by atoms with E-state index in [1.165, 1.54) is 17.2 Å². The number of rotatable bonds is 6. The number of nitrogens with zero attached hydrogens (tertiary/aromatic N) is 5. The van der Waals surface area contributed by atoms with Crippen molar-refractivity contribution >= 4 is 17.5 Å². The number of alkyl halides is 3. The summed E-state index contributed by atoms with van der Waals surface area (Å²) in [4.78, 5) is 24.8. The van der Waals surface area contributed by atoms with Crippen molar-refractivity contribution in [1.29, 1.82) is 5.26 Å². The molecule has 4 rings (SSSR count). The molecular formula is C23H19F3N6O3. The summed E-state index contributed by atoms with van der Waals surface area (Å²) in [5.41, 5.74) is 0.353. The van der Waals surface area contributed by atoms with E-state index in [1.807, 2.05) is 0 Å². The number of nitrogens with one attached hydrogen (secondary N) is 1. The molecule has 12 heteroatoms. The SMILES string of the molecule is N#Cc1cc(-c2ccnc(Nc3ccnc(C(F)(F)F)c3)n2)ccc1O[C@@H]1CCN(C(=O)CO)C1. The second kappa shape index (κ2) is 9.94. The number of benzene rings is 1. The van der Waals surface area contributed by atoms with E-state index in [0.717, 1.165) is 12.3 Å². The Labute approximate surface area is 197 Å². The zero-order chi connectivity index (χ0) is 25.0. The summed E-state index contributed by atoms with van der Waals surface area (Å²) in [5.74, 6) is 0.0465. The van der Waals surface area contributed by atoms with Gasteiger partial charge in [0.25, 0.3) is 0 Å². The van der Waals surface area contributed by atoms with E-state index in [9.17, 15) is 23.2 Å². The van der Waals surface area contributed by atoms with E-state index in [1.54, 1.807) is 24.3 Å². The summed E-state index contributed by atoms with van der Waals surface area (Å²) < 4.78 is 44.6. The quantitative estimate of drug-likeness (QED) is 0.547. The Kier molecular flexibility index (Phi) is 6.79. The van der Waals surface area contributed by atoms with Gasteiger partial charge in [-0.2, -0.15) is 18.4 Å². The molecule has 1 aliphatic rings. The van der Waals surface area contributed by atoms with Crippen LogP contribution in [0.4, 0.5) is 24.8 Å². The topological polar surface area (TPSA) is 124 Å². The third-order valence-corrected chi connectivity index (χ3v) is 5.28. The van der Waals surface area contributed by atoms with Gasteiger partial charge < -0.3 is 20.1 Å². The summed E-state index contributed by atoms with van der Waals surface area (Å²) in [6, 6.07) is 10.8. The number of hydrogen-bond acceptors (Lipinski definition) is 8. The fourth-order valence-corrected chi connectivity index (χ4v) is 3.58. The number of ether oxygens (including phenoxy) is 1. The van der Waals surface area contributed by atoms with Gasteiger partial charge in [-0.1, -0.05) is 0 Å². The van der Waals surface area contributed by atoms with Crippen molar-refractivity contribution in [2.45, 2.75) is 18.7 Å². The maximum absolute atomic E-state index is 12.9. The molecule has 180 valence electrons. The van der Waals surface area contributed by atoms with Crippen LogP contribution in [0, 0.1) is 11.3 Å². The molecule has 1 atom stereocenters. The first-order valence-electron chi connectivity index (χ1n) is 10.5. The van der Waals surface area contributed by atoms with Crippen LogP contribution in [0.15, 0.2) is 48.8 Å². The van der Waals surface area contributed by atoms with Crippen molar-refractivity contribution < 1.29 is 27.8 Å². The first-order valence-corrected chi connectivity index (χ1v) is 10.5. The lowest BCUT2D eigenvalue weighted by Gasteiger charge is -2.17. The fraction of sp³-hybridized carbons (Fsp3) is 0.261. The van der Waals surface area contributed by atoms with Gasteiger partial charge in [-0.25, -0.2) is 9.97 Å². The van der Waals surface area contributed by atoms with Gasteiger partial charge in [0.15, 0.2) is 0 Å². The lowest BCUT2D eigenvalue weighted by atomic mass is 10.1. The summed E-state index contributed by atoms with van der Waals surface area (Å²) in [6.07, 6.45) is -1.83. The first-order chi connectivity index (χ1) is 16.8. The minimum atomic E-state index is -4.58. The smallest absolute Gasteiger partial charge is 0.433 e. The van der Waals surface area contributed by atoms with Crippen LogP contribution in [0.1, 0.15) is 17.7 Å². The highest BCUT2D eigenvalue weighted by molar-refractivity contribution is 5.77. The van der Waals surface area contributed by atoms with Crippen molar-refractivity contribution in [2.24, 2.45) is 0 Å². The van der Waals surface area contributed by atoms with Crippen LogP contribution in [0.5, 0.6) is 5.75 Å². The van der Waals surface area contributed by atoms with Gasteiger partial charge in [0.2, 0.25) is 11.9 Å². The van der Waals surface area contributed by atoms with Crippen LogP contribution in [-0.4, -0.2) is 56.7 Å². The van der Waals surface area contributed by atoms with Crippen LogP contribution < -0.4 is 10.1 Å². The predicted octanol–water partition coefficient (Wildman–Crippen LogP) is 3.14. The molecule has 1 saturated heterocycles. The molecule has 2 N–H and O–H groups in total. The maximum atomic E-state index is 12.9. The number of hydrogen-bond donors (Lipinski definition) is 2. The molecule has 9 nitrogen and oxygen atoms in total. The number of aromatic nitrogens is 3. The van der Waals surface area contributed by atoms with E-state index < -0.39 is 18.5 Å². The summed E-state index contributed by atoms with van der Waals surface area (Å²) in [7, 11) is 0. The standard InChI is InChI=1S/C23H19F3N6O3/c24-23(25,26)20-10-16(3-6-28-20)30-22-29-7-4-18(31-22)14-1-2-19(15(9-14)11-27)35-17-5-8-32(12-17)21(34)13-33/h1-4,6-7,9-10,17,33H,5,8,12-13H2,(H,28,29,30,31)/t17-/m1/s1.